The van der Waals surface area contributed by atoms with Crippen LogP contribution in [0.2, 0.25) is 10.0 Å². The van der Waals surface area contributed by atoms with E-state index in [4.69, 9.17) is 23.2 Å². The van der Waals surface area contributed by atoms with E-state index in [1.54, 1.807) is 18.3 Å². The van der Waals surface area contributed by atoms with Crippen LogP contribution >= 0.6 is 23.2 Å². The van der Waals surface area contributed by atoms with Crippen LogP contribution in [-0.4, -0.2) is 29.1 Å². The molecule has 10 heteroatoms. The summed E-state index contributed by atoms with van der Waals surface area (Å²) in [6.45, 7) is 0.104. The molecule has 0 saturated carbocycles. The zero-order valence-corrected chi connectivity index (χ0v) is 13.4. The number of fused-ring (bicyclic) bond motifs is 2. The largest absolute Gasteiger partial charge is 0.324 e. The van der Waals surface area contributed by atoms with Crippen molar-refractivity contribution in [3.63, 3.8) is 0 Å². The molecule has 0 spiro atoms. The van der Waals surface area contributed by atoms with Crippen molar-refractivity contribution in [2.45, 2.75) is 6.54 Å². The molecule has 120 valence electrons. The second-order valence-electron chi connectivity index (χ2n) is 5.03. The third-order valence-electron chi connectivity index (χ3n) is 3.61. The molecule has 0 unspecified atom stereocenters. The van der Waals surface area contributed by atoms with Crippen molar-refractivity contribution in [3.05, 3.63) is 67.4 Å². The predicted molar refractivity (Wildman–Crippen MR) is 88.7 cm³/mol. The van der Waals surface area contributed by atoms with Crippen LogP contribution in [0.15, 0.2) is 40.4 Å². The van der Waals surface area contributed by atoms with Crippen LogP contribution in [-0.2, 0) is 6.54 Å². The Bertz CT molecular complexity index is 1210. The van der Waals surface area contributed by atoms with Gasteiger partial charge in [-0.25, -0.2) is 4.98 Å². The number of hydrogen-bond acceptors (Lipinski definition) is 5. The minimum Gasteiger partial charge on any atom is -0.324 e. The average molecular weight is 363 g/mol. The first-order chi connectivity index (χ1) is 11.6. The summed E-state index contributed by atoms with van der Waals surface area (Å²) in [5, 5.41) is 8.70. The summed E-state index contributed by atoms with van der Waals surface area (Å²) in [7, 11) is 0. The number of aromatic amines is 1. The Morgan fingerprint density at radius 2 is 2.00 bits per heavy atom. The molecule has 0 aliphatic heterocycles. The van der Waals surface area contributed by atoms with Gasteiger partial charge in [0, 0.05) is 12.4 Å². The quantitative estimate of drug-likeness (QED) is 0.582. The number of hydrogen-bond donors (Lipinski definition) is 1. The van der Waals surface area contributed by atoms with Crippen molar-refractivity contribution in [3.8, 4) is 0 Å². The summed E-state index contributed by atoms with van der Waals surface area (Å²) in [6.07, 6.45) is 4.45. The standard InChI is InChI=1S/C14H8Cl2N6O2/c15-8-2-1-7-11(10(8)16)18-6-21(14(7)24)5-9-19-20-12-13(23)17-3-4-22(9)12/h1-4,6H,5H2,(H,17,23). The lowest BCUT2D eigenvalue weighted by atomic mass is 10.2. The number of nitrogens with zero attached hydrogens (tertiary/aromatic N) is 5. The maximum atomic E-state index is 12.6. The van der Waals surface area contributed by atoms with Gasteiger partial charge in [-0.1, -0.05) is 23.2 Å². The highest BCUT2D eigenvalue weighted by Gasteiger charge is 2.13. The molecule has 1 aromatic carbocycles. The molecule has 3 aromatic heterocycles. The van der Waals surface area contributed by atoms with Crippen molar-refractivity contribution >= 4 is 39.8 Å². The van der Waals surface area contributed by atoms with Crippen LogP contribution in [0.25, 0.3) is 16.6 Å². The number of benzene rings is 1. The molecule has 0 aliphatic rings. The number of aromatic nitrogens is 6. The highest BCUT2D eigenvalue weighted by atomic mass is 35.5. The Kier molecular flexibility index (Phi) is 3.36. The fourth-order valence-corrected chi connectivity index (χ4v) is 2.80. The van der Waals surface area contributed by atoms with Crippen molar-refractivity contribution in [1.29, 1.82) is 0 Å². The lowest BCUT2D eigenvalue weighted by Crippen LogP contribution is -2.22. The normalized spacial score (nSPS) is 11.4. The van der Waals surface area contributed by atoms with E-state index in [0.29, 0.717) is 21.7 Å². The van der Waals surface area contributed by atoms with Crippen LogP contribution in [0.1, 0.15) is 5.82 Å². The molecular weight excluding hydrogens is 355 g/mol. The molecule has 4 aromatic rings. The first kappa shape index (κ1) is 14.9. The van der Waals surface area contributed by atoms with E-state index in [9.17, 15) is 9.59 Å². The molecule has 0 saturated heterocycles. The topological polar surface area (TPSA) is 97.9 Å². The van der Waals surface area contributed by atoms with Gasteiger partial charge < -0.3 is 4.98 Å². The van der Waals surface area contributed by atoms with Crippen molar-refractivity contribution < 1.29 is 0 Å². The summed E-state index contributed by atoms with van der Waals surface area (Å²) in [5.41, 5.74) is -0.154. The highest BCUT2D eigenvalue weighted by Crippen LogP contribution is 2.27. The molecule has 0 aliphatic carbocycles. The second kappa shape index (κ2) is 5.43. The molecule has 0 amide bonds. The molecule has 0 bridgehead atoms. The molecule has 0 fully saturated rings. The van der Waals surface area contributed by atoms with Gasteiger partial charge in [-0.15, -0.1) is 10.2 Å². The maximum absolute atomic E-state index is 12.6. The van der Waals surface area contributed by atoms with Gasteiger partial charge in [0.1, 0.15) is 0 Å². The van der Waals surface area contributed by atoms with Gasteiger partial charge in [0.25, 0.3) is 11.1 Å². The Morgan fingerprint density at radius 1 is 1.17 bits per heavy atom. The smallest absolute Gasteiger partial charge is 0.293 e. The van der Waals surface area contributed by atoms with Crippen molar-refractivity contribution in [2.75, 3.05) is 0 Å². The van der Waals surface area contributed by atoms with E-state index in [-0.39, 0.29) is 28.3 Å². The lowest BCUT2D eigenvalue weighted by molar-refractivity contribution is 0.698. The average Bonchev–Trinajstić information content (AvgIpc) is 2.98. The van der Waals surface area contributed by atoms with E-state index in [2.05, 4.69) is 20.2 Å². The first-order valence-corrected chi connectivity index (χ1v) is 7.56. The van der Waals surface area contributed by atoms with Gasteiger partial charge in [0.2, 0.25) is 5.65 Å². The minimum absolute atomic E-state index is 0.104. The molecule has 3 heterocycles. The van der Waals surface area contributed by atoms with Gasteiger partial charge in [0.15, 0.2) is 5.82 Å². The fourth-order valence-electron chi connectivity index (χ4n) is 2.43. The van der Waals surface area contributed by atoms with Crippen LogP contribution in [0.5, 0.6) is 0 Å². The molecule has 0 atom stereocenters. The Hall–Kier alpha value is -2.71. The zero-order chi connectivity index (χ0) is 16.8. The fraction of sp³-hybridized carbons (Fsp3) is 0.0714. The first-order valence-electron chi connectivity index (χ1n) is 6.80. The molecular formula is C14H8Cl2N6O2. The van der Waals surface area contributed by atoms with Gasteiger partial charge in [-0.3, -0.25) is 18.6 Å². The zero-order valence-electron chi connectivity index (χ0n) is 11.9. The van der Waals surface area contributed by atoms with E-state index in [1.165, 1.54) is 21.5 Å². The Balaban J connectivity index is 1.87. The number of nitrogens with one attached hydrogen (secondary N) is 1. The van der Waals surface area contributed by atoms with Crippen LogP contribution in [0.3, 0.4) is 0 Å². The minimum atomic E-state index is -0.360. The maximum Gasteiger partial charge on any atom is 0.293 e. The van der Waals surface area contributed by atoms with E-state index < -0.39 is 0 Å². The predicted octanol–water partition coefficient (Wildman–Crippen LogP) is 1.48. The highest BCUT2D eigenvalue weighted by molar-refractivity contribution is 6.44. The number of H-pyrrole nitrogens is 1. The van der Waals surface area contributed by atoms with E-state index >= 15 is 0 Å². The third kappa shape index (κ3) is 2.19. The molecule has 4 rings (SSSR count). The molecule has 0 radical (unpaired) electrons. The lowest BCUT2D eigenvalue weighted by Gasteiger charge is -2.07. The van der Waals surface area contributed by atoms with Crippen molar-refractivity contribution in [2.24, 2.45) is 0 Å². The van der Waals surface area contributed by atoms with Gasteiger partial charge in [-0.2, -0.15) is 0 Å². The summed E-state index contributed by atoms with van der Waals surface area (Å²) >= 11 is 12.0. The Labute approximate surface area is 143 Å². The summed E-state index contributed by atoms with van der Waals surface area (Å²) in [6, 6.07) is 3.12. The monoisotopic (exact) mass is 362 g/mol. The van der Waals surface area contributed by atoms with Crippen molar-refractivity contribution in [1.82, 2.24) is 29.1 Å². The van der Waals surface area contributed by atoms with Gasteiger partial charge in [-0.05, 0) is 12.1 Å². The van der Waals surface area contributed by atoms with Gasteiger partial charge >= 0.3 is 0 Å². The summed E-state index contributed by atoms with van der Waals surface area (Å²) in [5.74, 6) is 0.430. The molecule has 1 N–H and O–H groups in total. The van der Waals surface area contributed by atoms with Crippen LogP contribution in [0, 0.1) is 0 Å². The number of halogens is 2. The number of rotatable bonds is 2. The third-order valence-corrected chi connectivity index (χ3v) is 4.40. The second-order valence-corrected chi connectivity index (χ2v) is 5.82. The van der Waals surface area contributed by atoms with Gasteiger partial charge in [0.05, 0.1) is 33.8 Å². The van der Waals surface area contributed by atoms with E-state index in [0.717, 1.165) is 0 Å². The molecule has 24 heavy (non-hydrogen) atoms. The van der Waals surface area contributed by atoms with E-state index in [1.807, 2.05) is 0 Å². The van der Waals surface area contributed by atoms with Crippen LogP contribution < -0.4 is 11.1 Å². The summed E-state index contributed by atoms with van der Waals surface area (Å²) in [4.78, 5) is 31.0. The van der Waals surface area contributed by atoms with Crippen LogP contribution in [0.4, 0.5) is 0 Å². The molecule has 8 nitrogen and oxygen atoms in total. The SMILES string of the molecule is O=c1[nH]ccn2c(Cn3cnc4c(Cl)c(Cl)ccc4c3=O)nnc12. The summed E-state index contributed by atoms with van der Waals surface area (Å²) < 4.78 is 2.88. The Morgan fingerprint density at radius 3 is 2.83 bits per heavy atom.